The Labute approximate surface area is 796 Å². The number of hydrogen-bond donors (Lipinski definition) is 11. The molecule has 1 aliphatic carbocycles. The fourth-order valence-electron chi connectivity index (χ4n) is 17.1. The number of aliphatic hydroxyl groups is 4. The molecule has 8 amide bonds. The Balaban J connectivity index is 0.000000160. The van der Waals surface area contributed by atoms with E-state index in [0.29, 0.717) is 76.6 Å². The molecule has 37 heteroatoms. The normalized spacial score (nSPS) is 19.7. The topological polar surface area (TPSA) is 430 Å². The van der Waals surface area contributed by atoms with Crippen molar-refractivity contribution in [2.24, 2.45) is 5.41 Å². The number of nitrogens with one attached hydrogen (secondary N) is 7. The van der Waals surface area contributed by atoms with E-state index in [4.69, 9.17) is 9.84 Å². The van der Waals surface area contributed by atoms with Crippen LogP contribution in [0.5, 0.6) is 0 Å². The lowest BCUT2D eigenvalue weighted by atomic mass is 9.78. The van der Waals surface area contributed by atoms with E-state index in [2.05, 4.69) is 153 Å². The molecule has 1 saturated carbocycles. The Morgan fingerprint density at radius 1 is 0.451 bits per heavy atom. The highest BCUT2D eigenvalue weighted by molar-refractivity contribution is 7.18. The predicted octanol–water partition coefficient (Wildman–Crippen LogP) is 13.7. The number of carbonyl (C=O) groups is 8. The second-order valence-electron chi connectivity index (χ2n) is 40.7. The van der Waals surface area contributed by atoms with Crippen LogP contribution in [-0.4, -0.2) is 275 Å². The number of aromatic nitrogens is 8. The number of anilines is 4. The SMILES string of the molecule is Cc1cc(NC(C)(C)C)ncc1-c1sc(C(=O)N2CC3(COC3)C2)nc1C(=O)N1CCC[C@@H]1C.Cc1cc(NC(C)(C)C)ncc1-c1sc(C(=O)NC[C@H](O)CO)nc1C(=O)N1CCC[C@@H]1C.Cc1cc(NC(C)(C)C)ncc1-c1sc(C(=O)N[C@@H](C)CO)nc1C(=O)N1CCC[C@@H]1C.Cc1cc(NC(C)(C)C)ncc1-c1sc(C(=O)N[C@H]2CC[C@@H](O)C2)nc1C(=O)N1CCC[C@@H]1C. The van der Waals surface area contributed by atoms with Crippen molar-refractivity contribution >= 4 is 116 Å². The minimum Gasteiger partial charge on any atom is -0.394 e. The maximum absolute atomic E-state index is 13.6. The Kier molecular flexibility index (Phi) is 32.5. The highest BCUT2D eigenvalue weighted by atomic mass is 32.1. The first-order chi connectivity index (χ1) is 62.6. The molecule has 15 rings (SSSR count). The zero-order chi connectivity index (χ0) is 96.8. The summed E-state index contributed by atoms with van der Waals surface area (Å²) in [6.45, 7) is 47.4. The summed E-state index contributed by atoms with van der Waals surface area (Å²) in [4.78, 5) is 154. The molecular weight excluding hydrogens is 1770 g/mol. The summed E-state index contributed by atoms with van der Waals surface area (Å²) in [5, 5.41) is 60.3. The first-order valence-electron chi connectivity index (χ1n) is 46.2. The molecule has 8 aromatic rings. The second-order valence-corrected chi connectivity index (χ2v) is 44.7. The van der Waals surface area contributed by atoms with Crippen LogP contribution in [0.25, 0.3) is 41.8 Å². The van der Waals surface area contributed by atoms with Gasteiger partial charge in [0.1, 0.15) is 46.0 Å². The molecule has 0 radical (unpaired) electrons. The van der Waals surface area contributed by atoms with Gasteiger partial charge < -0.3 is 86.9 Å². The Bertz CT molecular complexity index is 5560. The molecule has 8 atom stereocenters. The second kappa shape index (κ2) is 42.4. The molecule has 8 aromatic heterocycles. The molecular formula is C96H134N20O13S4. The number of aryl methyl sites for hydroxylation is 4. The van der Waals surface area contributed by atoms with Crippen LogP contribution in [0.1, 0.15) is 292 Å². The number of thiazole rings is 4. The van der Waals surface area contributed by atoms with Crippen LogP contribution in [0.4, 0.5) is 23.3 Å². The molecule has 0 unspecified atom stereocenters. The molecule has 7 fully saturated rings. The van der Waals surface area contributed by atoms with Gasteiger partial charge in [0, 0.05) is 151 Å². The summed E-state index contributed by atoms with van der Waals surface area (Å²) in [7, 11) is 0. The fraction of sp³-hybridized carbons (Fsp3) is 0.583. The average Bonchev–Trinajstić information content (AvgIpc) is 1.70. The largest absolute Gasteiger partial charge is 0.394 e. The van der Waals surface area contributed by atoms with E-state index in [9.17, 15) is 53.7 Å². The van der Waals surface area contributed by atoms with Gasteiger partial charge in [-0.25, -0.2) is 39.9 Å². The molecule has 11 N–H and O–H groups in total. The van der Waals surface area contributed by atoms with E-state index in [1.807, 2.05) is 106 Å². The molecule has 14 heterocycles. The standard InChI is InChI=1S/C25H33N5O3S.C25H35N5O3S.C23H33N5O4S.C23H33N5O3S/c1-15-9-18(28-24(3,4)5)26-10-17(15)20-19(22(31)30-8-6-7-16(30)2)27-21(34-20)23(32)29-11-25(12-29)13-33-14-25;1-14-11-19(29-25(3,4)5)26-13-18(14)21-20(24(33)30-10-6-7-15(30)2)28-23(34-21)22(32)27-16-8-9-17(31)12-16;1-13-9-17(27-23(3,4)5)24-11-16(13)19-18(22(32)28-8-6-7-14(28)2)26-21(33-19)20(31)25-10-15(30)12-29;1-13-10-17(27-23(4,5)6)24-11-16(13)19-18(22(31)28-9-7-8-15(28)3)26-21(32-19)20(30)25-14(2)12-29/h9-10,16H,6-8,11-14H2,1-5H3,(H,26,28);11,13,15-17,31H,6-10,12H2,1-5H3,(H,26,29)(H,27,32);9,11,14-15,29-30H,6-8,10,12H2,1-5H3,(H,24,27)(H,25,31);10-11,14-15,29H,7-9,12H2,1-6H3,(H,24,27)(H,25,30)/t16-;15-,16-,17+;2*14-,15-/m0000/s1. The molecule has 720 valence electrons. The molecule has 133 heavy (non-hydrogen) atoms. The van der Waals surface area contributed by atoms with Crippen LogP contribution < -0.4 is 37.2 Å². The third kappa shape index (κ3) is 25.5. The minimum atomic E-state index is -1.06. The molecule has 1 spiro atoms. The van der Waals surface area contributed by atoms with Gasteiger partial charge in [0.15, 0.2) is 20.0 Å². The van der Waals surface area contributed by atoms with Crippen molar-refractivity contribution in [1.82, 2.24) is 80.3 Å². The zero-order valence-electron chi connectivity index (χ0n) is 80.7. The molecule has 6 saturated heterocycles. The van der Waals surface area contributed by atoms with Gasteiger partial charge in [0.2, 0.25) is 0 Å². The van der Waals surface area contributed by atoms with E-state index in [1.165, 1.54) is 34.0 Å². The summed E-state index contributed by atoms with van der Waals surface area (Å²) in [5.41, 5.74) is 7.80. The van der Waals surface area contributed by atoms with Crippen molar-refractivity contribution in [3.63, 3.8) is 0 Å². The maximum Gasteiger partial charge on any atom is 0.282 e. The summed E-state index contributed by atoms with van der Waals surface area (Å²) >= 11 is 4.85. The van der Waals surface area contributed by atoms with Crippen molar-refractivity contribution in [2.75, 3.05) is 93.5 Å². The van der Waals surface area contributed by atoms with E-state index in [-0.39, 0.29) is 139 Å². The monoisotopic (exact) mass is 1900 g/mol. The van der Waals surface area contributed by atoms with Crippen LogP contribution in [0, 0.1) is 33.1 Å². The van der Waals surface area contributed by atoms with Crippen molar-refractivity contribution in [1.29, 1.82) is 0 Å². The van der Waals surface area contributed by atoms with Gasteiger partial charge in [0.05, 0.1) is 63.6 Å². The Morgan fingerprint density at radius 3 is 1.04 bits per heavy atom. The maximum atomic E-state index is 13.6. The van der Waals surface area contributed by atoms with Gasteiger partial charge in [-0.1, -0.05) is 0 Å². The van der Waals surface area contributed by atoms with Crippen LogP contribution in [0.2, 0.25) is 0 Å². The van der Waals surface area contributed by atoms with E-state index < -0.39 is 30.6 Å². The molecule has 6 aliphatic heterocycles. The van der Waals surface area contributed by atoms with Crippen molar-refractivity contribution in [2.45, 2.75) is 287 Å². The number of hydrogen-bond acceptors (Lipinski definition) is 29. The zero-order valence-corrected chi connectivity index (χ0v) is 84.0. The van der Waals surface area contributed by atoms with Gasteiger partial charge in [-0.3, -0.25) is 38.4 Å². The number of aliphatic hydroxyl groups excluding tert-OH is 4. The van der Waals surface area contributed by atoms with Crippen LogP contribution in [0.15, 0.2) is 49.1 Å². The highest BCUT2D eigenvalue weighted by Crippen LogP contribution is 2.44. The summed E-state index contributed by atoms with van der Waals surface area (Å²) in [6, 6.07) is 7.92. The Morgan fingerprint density at radius 2 is 0.767 bits per heavy atom. The number of likely N-dealkylation sites (tertiary alicyclic amines) is 5. The first kappa shape index (κ1) is 102. The van der Waals surface area contributed by atoms with E-state index in [0.717, 1.165) is 162 Å². The quantitative estimate of drug-likeness (QED) is 0.0300. The van der Waals surface area contributed by atoms with Gasteiger partial charge in [-0.05, 0) is 263 Å². The number of amides is 8. The summed E-state index contributed by atoms with van der Waals surface area (Å²) in [5.74, 6) is 1.13. The number of pyridine rings is 4. The number of nitrogens with zero attached hydrogens (tertiary/aromatic N) is 13. The smallest absolute Gasteiger partial charge is 0.282 e. The summed E-state index contributed by atoms with van der Waals surface area (Å²) in [6.07, 6.45) is 15.2. The lowest BCUT2D eigenvalue weighted by Crippen LogP contribution is -2.67. The number of carbonyl (C=O) groups excluding carboxylic acids is 8. The number of ether oxygens (including phenoxy) is 1. The van der Waals surface area contributed by atoms with Gasteiger partial charge in [-0.15, -0.1) is 45.3 Å². The van der Waals surface area contributed by atoms with Crippen molar-refractivity contribution in [3.05, 3.63) is 114 Å². The lowest BCUT2D eigenvalue weighted by Gasteiger charge is -2.54. The third-order valence-electron chi connectivity index (χ3n) is 24.0. The first-order valence-corrected chi connectivity index (χ1v) is 49.5. The fourth-order valence-corrected chi connectivity index (χ4v) is 21.3. The average molecular weight is 1900 g/mol. The van der Waals surface area contributed by atoms with Gasteiger partial charge in [0.25, 0.3) is 47.3 Å². The van der Waals surface area contributed by atoms with Crippen molar-refractivity contribution in [3.8, 4) is 41.8 Å². The van der Waals surface area contributed by atoms with Gasteiger partial charge >= 0.3 is 0 Å². The highest BCUT2D eigenvalue weighted by Gasteiger charge is 2.52. The summed E-state index contributed by atoms with van der Waals surface area (Å²) < 4.78 is 5.33. The number of rotatable bonds is 22. The minimum absolute atomic E-state index is 0.0706. The molecule has 0 bridgehead atoms. The lowest BCUT2D eigenvalue weighted by molar-refractivity contribution is -0.176. The van der Waals surface area contributed by atoms with Crippen LogP contribution >= 0.6 is 45.3 Å². The van der Waals surface area contributed by atoms with Crippen LogP contribution in [0.3, 0.4) is 0 Å². The predicted molar refractivity (Wildman–Crippen MR) is 522 cm³/mol. The molecule has 33 nitrogen and oxygen atoms in total. The van der Waals surface area contributed by atoms with E-state index in [1.54, 1.807) is 36.6 Å². The van der Waals surface area contributed by atoms with E-state index >= 15 is 0 Å². The van der Waals surface area contributed by atoms with Crippen LogP contribution in [-0.2, 0) is 4.74 Å². The molecule has 7 aliphatic rings. The van der Waals surface area contributed by atoms with Gasteiger partial charge in [-0.2, -0.15) is 0 Å². The third-order valence-corrected chi connectivity index (χ3v) is 28.4. The molecule has 0 aromatic carbocycles. The Hall–Kier alpha value is -10.1. The van der Waals surface area contributed by atoms with Crippen molar-refractivity contribution < 1.29 is 63.5 Å².